The van der Waals surface area contributed by atoms with E-state index in [4.69, 9.17) is 10.5 Å². The lowest BCUT2D eigenvalue weighted by Gasteiger charge is -2.03. The first-order valence-corrected chi connectivity index (χ1v) is 6.60. The fourth-order valence-corrected chi connectivity index (χ4v) is 1.82. The van der Waals surface area contributed by atoms with Crippen LogP contribution in [0.4, 0.5) is 10.1 Å². The second-order valence-electron chi connectivity index (χ2n) is 4.52. The molecular formula is C16H10FN5O2. The minimum absolute atomic E-state index is 0.164. The Morgan fingerprint density at radius 2 is 1.92 bits per heavy atom. The number of non-ortho nitro benzene ring substituents is 1. The molecule has 3 aromatic rings. The summed E-state index contributed by atoms with van der Waals surface area (Å²) in [6, 6.07) is 10.5. The van der Waals surface area contributed by atoms with Gasteiger partial charge in [0.2, 0.25) is 0 Å². The Hall–Kier alpha value is -3.91. The van der Waals surface area contributed by atoms with Gasteiger partial charge in [-0.2, -0.15) is 10.5 Å². The quantitative estimate of drug-likeness (QED) is 0.576. The molecule has 0 saturated carbocycles. The molecule has 0 unspecified atom stereocenters. The van der Waals surface area contributed by atoms with Gasteiger partial charge in [0.15, 0.2) is 5.82 Å². The molecule has 0 bridgehead atoms. The molecule has 0 amide bonds. The van der Waals surface area contributed by atoms with Crippen LogP contribution in [0.5, 0.6) is 0 Å². The summed E-state index contributed by atoms with van der Waals surface area (Å²) in [6.07, 6.45) is 6.34. The highest BCUT2D eigenvalue weighted by Crippen LogP contribution is 2.20. The fraction of sp³-hybridized carbons (Fsp3) is 0. The van der Waals surface area contributed by atoms with Gasteiger partial charge in [-0.05, 0) is 18.2 Å². The average molecular weight is 323 g/mol. The molecule has 7 nitrogen and oxygen atoms in total. The zero-order valence-electron chi connectivity index (χ0n) is 12.2. The summed E-state index contributed by atoms with van der Waals surface area (Å²) in [5.41, 5.74) is 0.929. The maximum Gasteiger partial charge on any atom is 0.272 e. The minimum atomic E-state index is -0.709. The standard InChI is InChI=1S/C11H6FN3O2.C5H4N2/c12-10-5-9(15(16)17)1-2-11(10)14-4-3-8(6-13)7-14;6-3-5-1-2-7-4-5/h1-5,7H;1-2,4,7H. The number of nitro benzene ring substituents is 1. The van der Waals surface area contributed by atoms with Gasteiger partial charge in [-0.15, -0.1) is 0 Å². The van der Waals surface area contributed by atoms with Crippen molar-refractivity contribution in [3.8, 4) is 17.8 Å². The fourth-order valence-electron chi connectivity index (χ4n) is 1.82. The first-order valence-electron chi connectivity index (χ1n) is 6.60. The van der Waals surface area contributed by atoms with Crippen LogP contribution in [0.1, 0.15) is 11.1 Å². The Bertz CT molecular complexity index is 932. The molecule has 0 aliphatic carbocycles. The Kier molecular flexibility index (Phi) is 5.06. The molecule has 3 rings (SSSR count). The monoisotopic (exact) mass is 323 g/mol. The third-order valence-electron chi connectivity index (χ3n) is 2.97. The first kappa shape index (κ1) is 16.5. The minimum Gasteiger partial charge on any atom is -0.366 e. The van der Waals surface area contributed by atoms with Crippen molar-refractivity contribution >= 4 is 5.69 Å². The lowest BCUT2D eigenvalue weighted by molar-refractivity contribution is -0.385. The summed E-state index contributed by atoms with van der Waals surface area (Å²) in [4.78, 5) is 12.5. The third-order valence-corrected chi connectivity index (χ3v) is 2.97. The smallest absolute Gasteiger partial charge is 0.272 e. The van der Waals surface area contributed by atoms with E-state index in [0.717, 1.165) is 6.07 Å². The van der Waals surface area contributed by atoms with Crippen LogP contribution in [0.25, 0.3) is 5.69 Å². The van der Waals surface area contributed by atoms with E-state index >= 15 is 0 Å². The molecule has 2 heterocycles. The predicted octanol–water partition coefficient (Wildman–Crippen LogP) is 3.28. The van der Waals surface area contributed by atoms with Gasteiger partial charge in [0.25, 0.3) is 5.69 Å². The van der Waals surface area contributed by atoms with E-state index in [1.807, 2.05) is 12.1 Å². The second kappa shape index (κ2) is 7.38. The van der Waals surface area contributed by atoms with Gasteiger partial charge in [-0.3, -0.25) is 10.1 Å². The Labute approximate surface area is 136 Å². The maximum atomic E-state index is 13.6. The van der Waals surface area contributed by atoms with Crippen molar-refractivity contribution in [3.05, 3.63) is 82.2 Å². The summed E-state index contributed by atoms with van der Waals surface area (Å²) < 4.78 is 15.0. The number of halogens is 1. The molecule has 0 aliphatic heterocycles. The van der Waals surface area contributed by atoms with E-state index in [-0.39, 0.29) is 11.4 Å². The van der Waals surface area contributed by atoms with Crippen molar-refractivity contribution in [2.45, 2.75) is 0 Å². The van der Waals surface area contributed by atoms with Gasteiger partial charge in [0.1, 0.15) is 12.1 Å². The summed E-state index contributed by atoms with van der Waals surface area (Å²) in [7, 11) is 0. The molecule has 0 aliphatic rings. The predicted molar refractivity (Wildman–Crippen MR) is 82.6 cm³/mol. The van der Waals surface area contributed by atoms with Crippen molar-refractivity contribution in [1.29, 1.82) is 10.5 Å². The van der Waals surface area contributed by atoms with Gasteiger partial charge in [0, 0.05) is 30.9 Å². The third kappa shape index (κ3) is 3.84. The second-order valence-corrected chi connectivity index (χ2v) is 4.52. The number of nitrogens with one attached hydrogen (secondary N) is 1. The van der Waals surface area contributed by atoms with Crippen LogP contribution < -0.4 is 0 Å². The largest absolute Gasteiger partial charge is 0.366 e. The molecule has 8 heteroatoms. The van der Waals surface area contributed by atoms with Crippen molar-refractivity contribution in [1.82, 2.24) is 9.55 Å². The molecule has 0 spiro atoms. The molecule has 0 fully saturated rings. The van der Waals surface area contributed by atoms with Crippen LogP contribution in [0.3, 0.4) is 0 Å². The number of aromatic nitrogens is 2. The van der Waals surface area contributed by atoms with Crippen LogP contribution in [0.15, 0.2) is 55.1 Å². The number of H-pyrrole nitrogens is 1. The molecule has 0 atom stereocenters. The number of nitro groups is 1. The molecular weight excluding hydrogens is 313 g/mol. The summed E-state index contributed by atoms with van der Waals surface area (Å²) in [5, 5.41) is 27.2. The van der Waals surface area contributed by atoms with Crippen LogP contribution in [0, 0.1) is 38.6 Å². The van der Waals surface area contributed by atoms with Crippen molar-refractivity contribution in [3.63, 3.8) is 0 Å². The maximum absolute atomic E-state index is 13.6. The van der Waals surface area contributed by atoms with E-state index in [0.29, 0.717) is 11.1 Å². The zero-order chi connectivity index (χ0) is 17.5. The number of aromatic amines is 1. The molecule has 118 valence electrons. The topological polar surface area (TPSA) is 111 Å². The zero-order valence-corrected chi connectivity index (χ0v) is 12.2. The van der Waals surface area contributed by atoms with Gasteiger partial charge in [-0.1, -0.05) is 0 Å². The van der Waals surface area contributed by atoms with Crippen LogP contribution in [-0.2, 0) is 0 Å². The molecule has 0 saturated heterocycles. The SMILES string of the molecule is N#Cc1cc[nH]c1.N#Cc1ccn(-c2ccc([N+](=O)[O-])cc2F)c1. The molecule has 1 aromatic carbocycles. The lowest BCUT2D eigenvalue weighted by Crippen LogP contribution is -1.96. The molecule has 1 N–H and O–H groups in total. The van der Waals surface area contributed by atoms with Gasteiger partial charge < -0.3 is 9.55 Å². The van der Waals surface area contributed by atoms with Crippen LogP contribution >= 0.6 is 0 Å². The molecule has 0 radical (unpaired) electrons. The van der Waals surface area contributed by atoms with E-state index in [1.54, 1.807) is 18.5 Å². The highest BCUT2D eigenvalue weighted by Gasteiger charge is 2.11. The average Bonchev–Trinajstić information content (AvgIpc) is 3.26. The number of nitriles is 2. The Balaban J connectivity index is 0.000000249. The van der Waals surface area contributed by atoms with Gasteiger partial charge in [-0.25, -0.2) is 4.39 Å². The highest BCUT2D eigenvalue weighted by atomic mass is 19.1. The number of benzene rings is 1. The normalized spacial score (nSPS) is 9.29. The van der Waals surface area contributed by atoms with Gasteiger partial charge >= 0.3 is 0 Å². The Morgan fingerprint density at radius 3 is 2.38 bits per heavy atom. The van der Waals surface area contributed by atoms with Crippen molar-refractivity contribution in [2.24, 2.45) is 0 Å². The molecule has 2 aromatic heterocycles. The van der Waals surface area contributed by atoms with E-state index in [9.17, 15) is 14.5 Å². The number of nitrogens with zero attached hydrogens (tertiary/aromatic N) is 4. The van der Waals surface area contributed by atoms with E-state index in [1.165, 1.54) is 35.2 Å². The summed E-state index contributed by atoms with van der Waals surface area (Å²) in [5.74, 6) is -0.709. The Morgan fingerprint density at radius 1 is 1.17 bits per heavy atom. The van der Waals surface area contributed by atoms with Crippen molar-refractivity contribution in [2.75, 3.05) is 0 Å². The lowest BCUT2D eigenvalue weighted by atomic mass is 10.2. The van der Waals surface area contributed by atoms with Crippen LogP contribution in [0.2, 0.25) is 0 Å². The highest BCUT2D eigenvalue weighted by molar-refractivity contribution is 5.44. The first-order chi connectivity index (χ1) is 11.5. The number of hydrogen-bond donors (Lipinski definition) is 1. The summed E-state index contributed by atoms with van der Waals surface area (Å²) in [6.45, 7) is 0. The summed E-state index contributed by atoms with van der Waals surface area (Å²) >= 11 is 0. The van der Waals surface area contributed by atoms with E-state index in [2.05, 4.69) is 4.98 Å². The van der Waals surface area contributed by atoms with Crippen molar-refractivity contribution < 1.29 is 9.31 Å². The van der Waals surface area contributed by atoms with Gasteiger partial charge in [0.05, 0.1) is 27.8 Å². The molecule has 24 heavy (non-hydrogen) atoms. The van der Waals surface area contributed by atoms with Crippen LogP contribution in [-0.4, -0.2) is 14.5 Å². The van der Waals surface area contributed by atoms with E-state index < -0.39 is 10.7 Å². The number of hydrogen-bond acceptors (Lipinski definition) is 4. The number of rotatable bonds is 2.